The Morgan fingerprint density at radius 1 is 0.778 bits per heavy atom. The van der Waals surface area contributed by atoms with E-state index in [1.165, 1.54) is 57.7 Å². The lowest BCUT2D eigenvalue weighted by Gasteiger charge is -2.14. The van der Waals surface area contributed by atoms with Crippen LogP contribution in [0, 0.1) is 17.0 Å². The van der Waals surface area contributed by atoms with Crippen molar-refractivity contribution in [1.82, 2.24) is 5.43 Å². The van der Waals surface area contributed by atoms with Crippen LogP contribution in [0.5, 0.6) is 23.0 Å². The molecule has 0 unspecified atom stereocenters. The molecule has 0 aliphatic rings. The number of hydrazone groups is 1. The highest BCUT2D eigenvalue weighted by atomic mass is 16.6. The van der Waals surface area contributed by atoms with Crippen LogP contribution in [0.3, 0.4) is 0 Å². The maximum Gasteiger partial charge on any atom is 0.344 e. The molecule has 2 amide bonds. The zero-order chi connectivity index (χ0) is 32.5. The molecule has 0 fully saturated rings. The predicted molar refractivity (Wildman–Crippen MR) is 165 cm³/mol. The maximum atomic E-state index is 13.1. The average molecular weight is 613 g/mol. The number of nitrogens with zero attached hydrogens (tertiary/aromatic N) is 2. The molecular formula is C32H28N4O9. The first-order chi connectivity index (χ1) is 21.6. The van der Waals surface area contributed by atoms with Crippen molar-refractivity contribution in [1.29, 1.82) is 0 Å². The number of ether oxygens (including phenoxy) is 4. The summed E-state index contributed by atoms with van der Waals surface area (Å²) < 4.78 is 21.2. The molecule has 2 N–H and O–H groups in total. The van der Waals surface area contributed by atoms with Gasteiger partial charge in [0.2, 0.25) is 11.5 Å². The second-order valence-electron chi connectivity index (χ2n) is 9.35. The van der Waals surface area contributed by atoms with Gasteiger partial charge in [0.25, 0.3) is 11.8 Å². The van der Waals surface area contributed by atoms with Crippen molar-refractivity contribution < 1.29 is 38.3 Å². The lowest BCUT2D eigenvalue weighted by atomic mass is 10.1. The van der Waals surface area contributed by atoms with E-state index in [-0.39, 0.29) is 39.8 Å². The van der Waals surface area contributed by atoms with Gasteiger partial charge in [-0.3, -0.25) is 19.7 Å². The van der Waals surface area contributed by atoms with Gasteiger partial charge in [-0.25, -0.2) is 10.2 Å². The first kappa shape index (κ1) is 31.7. The van der Waals surface area contributed by atoms with Gasteiger partial charge >= 0.3 is 11.7 Å². The monoisotopic (exact) mass is 612 g/mol. The third-order valence-electron chi connectivity index (χ3n) is 6.41. The summed E-state index contributed by atoms with van der Waals surface area (Å²) in [6.07, 6.45) is 1.11. The molecule has 13 heteroatoms. The second-order valence-corrected chi connectivity index (χ2v) is 9.35. The number of esters is 1. The molecule has 0 saturated carbocycles. The van der Waals surface area contributed by atoms with E-state index < -0.39 is 28.2 Å². The minimum Gasteiger partial charge on any atom is -0.493 e. The number of hydrogen-bond donors (Lipinski definition) is 2. The highest BCUT2D eigenvalue weighted by molar-refractivity contribution is 6.04. The molecule has 0 bridgehead atoms. The summed E-state index contributed by atoms with van der Waals surface area (Å²) in [5.41, 5.74) is 4.07. The number of amides is 2. The summed E-state index contributed by atoms with van der Waals surface area (Å²) in [6.45, 7) is 1.92. The Morgan fingerprint density at radius 2 is 1.38 bits per heavy atom. The number of nitro benzene ring substituents is 1. The Balaban J connectivity index is 1.49. The first-order valence-corrected chi connectivity index (χ1v) is 13.3. The highest BCUT2D eigenvalue weighted by Crippen LogP contribution is 2.39. The molecule has 13 nitrogen and oxygen atoms in total. The van der Waals surface area contributed by atoms with E-state index >= 15 is 0 Å². The summed E-state index contributed by atoms with van der Waals surface area (Å²) >= 11 is 0. The Morgan fingerprint density at radius 3 is 1.96 bits per heavy atom. The molecule has 0 aliphatic heterocycles. The number of hydrogen-bond acceptors (Lipinski definition) is 10. The third kappa shape index (κ3) is 7.59. The molecule has 0 atom stereocenters. The van der Waals surface area contributed by atoms with Crippen molar-refractivity contribution in [3.8, 4) is 23.0 Å². The summed E-state index contributed by atoms with van der Waals surface area (Å²) in [6, 6.07) is 19.8. The maximum absolute atomic E-state index is 13.1. The molecule has 4 rings (SSSR count). The van der Waals surface area contributed by atoms with Gasteiger partial charge in [-0.15, -0.1) is 0 Å². The molecule has 0 heterocycles. The van der Waals surface area contributed by atoms with E-state index in [0.29, 0.717) is 11.3 Å². The minimum atomic E-state index is -0.947. The van der Waals surface area contributed by atoms with Crippen LogP contribution in [0.15, 0.2) is 84.0 Å². The number of methoxy groups -OCH3 is 3. The number of carbonyl (C=O) groups is 3. The quantitative estimate of drug-likeness (QED) is 0.0764. The minimum absolute atomic E-state index is 0.0302. The van der Waals surface area contributed by atoms with Crippen LogP contribution in [-0.4, -0.2) is 50.3 Å². The number of anilines is 1. The SMILES string of the molecule is COc1cc(C(=O)Oc2c(/C=N/NC(=O)c3ccc(NC(=O)c4ccc(C)cc4)cc3)cccc2[N+](=O)[O-])cc(OC)c1OC. The summed E-state index contributed by atoms with van der Waals surface area (Å²) in [4.78, 5) is 49.3. The Bertz CT molecular complexity index is 1740. The van der Waals surface area contributed by atoms with E-state index in [4.69, 9.17) is 18.9 Å². The third-order valence-corrected chi connectivity index (χ3v) is 6.41. The normalized spacial score (nSPS) is 10.6. The van der Waals surface area contributed by atoms with E-state index in [2.05, 4.69) is 15.8 Å². The van der Waals surface area contributed by atoms with E-state index in [0.717, 1.165) is 17.8 Å². The van der Waals surface area contributed by atoms with Crippen LogP contribution >= 0.6 is 0 Å². The van der Waals surface area contributed by atoms with Crippen molar-refractivity contribution in [3.63, 3.8) is 0 Å². The number of aryl methyl sites for hydroxylation is 1. The van der Waals surface area contributed by atoms with Crippen LogP contribution in [0.25, 0.3) is 0 Å². The van der Waals surface area contributed by atoms with Crippen molar-refractivity contribution in [3.05, 3.63) is 117 Å². The van der Waals surface area contributed by atoms with Crippen molar-refractivity contribution >= 4 is 35.4 Å². The van der Waals surface area contributed by atoms with Crippen LogP contribution in [0.1, 0.15) is 42.2 Å². The summed E-state index contributed by atoms with van der Waals surface area (Å²) in [5.74, 6) is -1.63. The summed E-state index contributed by atoms with van der Waals surface area (Å²) in [7, 11) is 4.14. The molecule has 0 radical (unpaired) electrons. The fourth-order valence-corrected chi connectivity index (χ4v) is 4.09. The van der Waals surface area contributed by atoms with Gasteiger partial charge in [-0.05, 0) is 61.5 Å². The molecule has 0 saturated heterocycles. The fraction of sp³-hybridized carbons (Fsp3) is 0.125. The van der Waals surface area contributed by atoms with Gasteiger partial charge in [0.1, 0.15) is 0 Å². The van der Waals surface area contributed by atoms with Crippen LogP contribution in [-0.2, 0) is 0 Å². The largest absolute Gasteiger partial charge is 0.493 e. The molecule has 0 spiro atoms. The topological polar surface area (TPSA) is 168 Å². The summed E-state index contributed by atoms with van der Waals surface area (Å²) in [5, 5.41) is 18.4. The Hall–Kier alpha value is -6.24. The molecule has 45 heavy (non-hydrogen) atoms. The number of rotatable bonds is 11. The zero-order valence-electron chi connectivity index (χ0n) is 24.7. The second kappa shape index (κ2) is 14.3. The predicted octanol–water partition coefficient (Wildman–Crippen LogP) is 5.16. The number of nitrogens with one attached hydrogen (secondary N) is 2. The van der Waals surface area contributed by atoms with Gasteiger partial charge in [-0.1, -0.05) is 23.8 Å². The lowest BCUT2D eigenvalue weighted by Crippen LogP contribution is -2.18. The number of para-hydroxylation sites is 1. The number of nitro groups is 1. The standard InChI is InChI=1S/C32H28N4O9/c1-19-8-10-20(11-9-19)30(37)34-24-14-12-21(13-15-24)31(38)35-33-18-22-6-5-7-25(36(40)41)28(22)45-32(39)23-16-26(42-2)29(44-4)27(17-23)43-3/h5-18H,1-4H3,(H,34,37)(H,35,38)/b33-18+. The van der Waals surface area contributed by atoms with Gasteiger partial charge < -0.3 is 24.3 Å². The van der Waals surface area contributed by atoms with E-state index in [1.807, 2.05) is 19.1 Å². The average Bonchev–Trinajstić information content (AvgIpc) is 3.04. The molecule has 230 valence electrons. The van der Waals surface area contributed by atoms with Crippen LogP contribution in [0.2, 0.25) is 0 Å². The van der Waals surface area contributed by atoms with E-state index in [1.54, 1.807) is 24.3 Å². The van der Waals surface area contributed by atoms with Crippen molar-refractivity contribution in [2.24, 2.45) is 5.10 Å². The smallest absolute Gasteiger partial charge is 0.344 e. The number of benzene rings is 4. The molecule has 0 aliphatic carbocycles. The van der Waals surface area contributed by atoms with Crippen LogP contribution in [0.4, 0.5) is 11.4 Å². The van der Waals surface area contributed by atoms with Crippen molar-refractivity contribution in [2.45, 2.75) is 6.92 Å². The fourth-order valence-electron chi connectivity index (χ4n) is 4.09. The lowest BCUT2D eigenvalue weighted by molar-refractivity contribution is -0.385. The zero-order valence-corrected chi connectivity index (χ0v) is 24.7. The molecule has 4 aromatic carbocycles. The van der Waals surface area contributed by atoms with Gasteiger partial charge in [0, 0.05) is 28.4 Å². The first-order valence-electron chi connectivity index (χ1n) is 13.3. The number of carbonyl (C=O) groups excluding carboxylic acids is 3. The van der Waals surface area contributed by atoms with E-state index in [9.17, 15) is 24.5 Å². The molecule has 0 aromatic heterocycles. The Labute approximate surface area is 257 Å². The van der Waals surface area contributed by atoms with Gasteiger partial charge in [0.15, 0.2) is 11.5 Å². The molecular weight excluding hydrogens is 584 g/mol. The highest BCUT2D eigenvalue weighted by Gasteiger charge is 2.24. The molecule has 4 aromatic rings. The van der Waals surface area contributed by atoms with Gasteiger partial charge in [0.05, 0.1) is 38.0 Å². The van der Waals surface area contributed by atoms with Crippen LogP contribution < -0.4 is 29.7 Å². The van der Waals surface area contributed by atoms with Crippen molar-refractivity contribution in [2.75, 3.05) is 26.6 Å². The Kier molecular flexibility index (Phi) is 10.1. The van der Waals surface area contributed by atoms with Gasteiger partial charge in [-0.2, -0.15) is 5.10 Å².